The van der Waals surface area contributed by atoms with Gasteiger partial charge in [0.15, 0.2) is 5.65 Å². The van der Waals surface area contributed by atoms with Crippen molar-refractivity contribution in [3.63, 3.8) is 0 Å². The minimum atomic E-state index is -1.00. The van der Waals surface area contributed by atoms with E-state index in [1.54, 1.807) is 23.8 Å². The van der Waals surface area contributed by atoms with E-state index in [1.165, 1.54) is 36.3 Å². The lowest BCUT2D eigenvalue weighted by Crippen LogP contribution is -2.42. The second-order valence-corrected chi connectivity index (χ2v) is 13.6. The molecule has 2 aliphatic carbocycles. The van der Waals surface area contributed by atoms with E-state index in [4.69, 9.17) is 38.9 Å². The minimum absolute atomic E-state index is 0.0478. The van der Waals surface area contributed by atoms with Crippen LogP contribution in [0.15, 0.2) is 39.9 Å². The average Bonchev–Trinajstić information content (AvgIpc) is 3.63. The molecule has 14 heteroatoms. The summed E-state index contributed by atoms with van der Waals surface area (Å²) in [5.41, 5.74) is 1.80. The van der Waals surface area contributed by atoms with Crippen molar-refractivity contribution in [2.24, 2.45) is 11.8 Å². The largest absolute Gasteiger partial charge is 0.478 e. The van der Waals surface area contributed by atoms with Crippen molar-refractivity contribution in [2.45, 2.75) is 77.3 Å². The average molecular weight is 743 g/mol. The fourth-order valence-electron chi connectivity index (χ4n) is 6.77. The predicted octanol–water partition coefficient (Wildman–Crippen LogP) is 4.50. The van der Waals surface area contributed by atoms with Crippen LogP contribution in [0.5, 0.6) is 0 Å². The summed E-state index contributed by atoms with van der Waals surface area (Å²) in [6.07, 6.45) is 14.1. The predicted molar refractivity (Wildman–Crippen MR) is 202 cm³/mol. The Labute approximate surface area is 311 Å². The molecule has 0 radical (unpaired) electrons. The van der Waals surface area contributed by atoms with Crippen LogP contribution in [0.3, 0.4) is 0 Å². The first kappa shape index (κ1) is 42.1. The highest BCUT2D eigenvalue weighted by molar-refractivity contribution is 5.85. The Morgan fingerprint density at radius 2 is 1.28 bits per heavy atom. The molecule has 0 spiro atoms. The first-order chi connectivity index (χ1) is 25.9. The Kier molecular flexibility index (Phi) is 19.0. The quantitative estimate of drug-likeness (QED) is 0.104. The molecule has 2 saturated carbocycles. The van der Waals surface area contributed by atoms with Gasteiger partial charge in [-0.2, -0.15) is 0 Å². The molecule has 2 aliphatic rings. The van der Waals surface area contributed by atoms with Crippen molar-refractivity contribution in [2.75, 3.05) is 73.2 Å². The maximum Gasteiger partial charge on any atom is 0.332 e. The molecular weight excluding hydrogens is 684 g/mol. The number of H-pyrrole nitrogens is 1. The van der Waals surface area contributed by atoms with Gasteiger partial charge in [0.1, 0.15) is 11.3 Å². The van der Waals surface area contributed by atoms with E-state index < -0.39 is 5.97 Å². The normalized spacial score (nSPS) is 15.6. The van der Waals surface area contributed by atoms with Gasteiger partial charge in [-0.1, -0.05) is 62.8 Å². The van der Waals surface area contributed by atoms with E-state index in [9.17, 15) is 14.4 Å². The van der Waals surface area contributed by atoms with Gasteiger partial charge in [-0.15, -0.1) is 0 Å². The van der Waals surface area contributed by atoms with Crippen molar-refractivity contribution >= 4 is 23.2 Å². The van der Waals surface area contributed by atoms with Gasteiger partial charge in [-0.05, 0) is 49.2 Å². The molecule has 0 unspecified atom stereocenters. The molecular formula is C39H58N4O10. The van der Waals surface area contributed by atoms with Gasteiger partial charge in [0.05, 0.1) is 66.1 Å². The number of fused-ring (bicyclic) bond motifs is 1. The summed E-state index contributed by atoms with van der Waals surface area (Å²) in [4.78, 5) is 46.0. The lowest BCUT2D eigenvalue weighted by atomic mass is 9.89. The number of aromatic amines is 1. The summed E-state index contributed by atoms with van der Waals surface area (Å²) in [5.74, 6) is 0.305. The van der Waals surface area contributed by atoms with Crippen LogP contribution in [0.25, 0.3) is 28.6 Å². The molecule has 1 aromatic carbocycles. The molecule has 5 rings (SSSR count). The zero-order valence-corrected chi connectivity index (χ0v) is 31.2. The van der Waals surface area contributed by atoms with Crippen LogP contribution in [-0.4, -0.2) is 108 Å². The maximum atomic E-state index is 13.7. The number of aliphatic hydroxyl groups is 1. The van der Waals surface area contributed by atoms with E-state index in [0.717, 1.165) is 55.7 Å². The summed E-state index contributed by atoms with van der Waals surface area (Å²) < 4.78 is 28.7. The molecule has 2 fully saturated rings. The fourth-order valence-corrected chi connectivity index (χ4v) is 6.77. The number of nitrogens with one attached hydrogen (secondary N) is 1. The van der Waals surface area contributed by atoms with E-state index in [2.05, 4.69) is 4.98 Å². The third-order valence-electron chi connectivity index (χ3n) is 9.58. The molecule has 0 aliphatic heterocycles. The number of benzene rings is 1. The van der Waals surface area contributed by atoms with E-state index in [0.29, 0.717) is 101 Å². The number of ether oxygens (including phenoxy) is 5. The SMILES string of the molecule is COCCOCCOCCOCCOCCO.O=C(O)/C=C/c1ccc(-c2nc3c([nH]2)c(=O)n(CC2CCCCC2)c(=O)n3CC2CCCCC2)cc1. The smallest absolute Gasteiger partial charge is 0.332 e. The Morgan fingerprint density at radius 3 is 1.79 bits per heavy atom. The number of aromatic nitrogens is 4. The number of methoxy groups -OCH3 is 1. The number of carbonyl (C=O) groups is 1. The Bertz CT molecular complexity index is 1620. The topological polar surface area (TPSA) is 176 Å². The highest BCUT2D eigenvalue weighted by Crippen LogP contribution is 2.27. The molecule has 0 atom stereocenters. The van der Waals surface area contributed by atoms with Gasteiger partial charge in [-0.3, -0.25) is 13.9 Å². The van der Waals surface area contributed by atoms with Crippen LogP contribution >= 0.6 is 0 Å². The van der Waals surface area contributed by atoms with Crippen LogP contribution in [0.4, 0.5) is 0 Å². The Hall–Kier alpha value is -3.66. The third kappa shape index (κ3) is 14.3. The number of rotatable bonds is 21. The summed E-state index contributed by atoms with van der Waals surface area (Å²) in [6.45, 7) is 5.92. The standard InChI is InChI=1S/C28H34N4O4.C11H24O6/c33-23(34)16-13-19-11-14-22(15-12-19)25-29-24-26(30-25)31(17-20-7-3-1-4-8-20)28(36)32(27(24)35)18-21-9-5-2-6-10-21;1-13-4-5-15-8-9-17-11-10-16-7-6-14-3-2-12/h11-16,20-21H,1-10,17-18H2,(H,29,30)(H,33,34);12H,2-11H2,1H3/b16-13+;. The molecule has 3 aromatic rings. The first-order valence-electron chi connectivity index (χ1n) is 19.1. The highest BCUT2D eigenvalue weighted by atomic mass is 16.6. The van der Waals surface area contributed by atoms with E-state index in [1.807, 2.05) is 12.1 Å². The molecule has 53 heavy (non-hydrogen) atoms. The molecule has 2 aromatic heterocycles. The second-order valence-electron chi connectivity index (χ2n) is 13.6. The second kappa shape index (κ2) is 23.9. The van der Waals surface area contributed by atoms with Gasteiger partial charge in [0, 0.05) is 31.8 Å². The van der Waals surface area contributed by atoms with Crippen molar-refractivity contribution in [1.29, 1.82) is 0 Å². The van der Waals surface area contributed by atoms with Gasteiger partial charge in [0.2, 0.25) is 0 Å². The monoisotopic (exact) mass is 742 g/mol. The van der Waals surface area contributed by atoms with Crippen LogP contribution in [0.2, 0.25) is 0 Å². The van der Waals surface area contributed by atoms with Gasteiger partial charge in [-0.25, -0.2) is 14.6 Å². The van der Waals surface area contributed by atoms with Crippen LogP contribution in [-0.2, 0) is 41.6 Å². The zero-order valence-electron chi connectivity index (χ0n) is 31.2. The van der Waals surface area contributed by atoms with E-state index >= 15 is 0 Å². The Morgan fingerprint density at radius 1 is 0.774 bits per heavy atom. The summed E-state index contributed by atoms with van der Waals surface area (Å²) in [5, 5.41) is 17.3. The summed E-state index contributed by atoms with van der Waals surface area (Å²) in [7, 11) is 1.64. The van der Waals surface area contributed by atoms with Gasteiger partial charge < -0.3 is 38.9 Å². The fraction of sp³-hybridized carbons (Fsp3) is 0.641. The molecule has 0 saturated heterocycles. The highest BCUT2D eigenvalue weighted by Gasteiger charge is 2.24. The molecule has 294 valence electrons. The van der Waals surface area contributed by atoms with Crippen molar-refractivity contribution in [3.05, 3.63) is 56.7 Å². The minimum Gasteiger partial charge on any atom is -0.478 e. The van der Waals surface area contributed by atoms with Crippen LogP contribution < -0.4 is 11.2 Å². The van der Waals surface area contributed by atoms with E-state index in [-0.39, 0.29) is 17.9 Å². The third-order valence-corrected chi connectivity index (χ3v) is 9.58. The number of hydrogen-bond acceptors (Lipinski definition) is 10. The maximum absolute atomic E-state index is 13.7. The number of carboxylic acid groups (broad SMARTS) is 1. The van der Waals surface area contributed by atoms with Crippen molar-refractivity contribution < 1.29 is 38.7 Å². The number of carboxylic acids is 1. The zero-order chi connectivity index (χ0) is 37.7. The first-order valence-corrected chi connectivity index (χ1v) is 19.1. The van der Waals surface area contributed by atoms with Gasteiger partial charge in [0.25, 0.3) is 5.56 Å². The number of aliphatic carboxylic acids is 1. The number of aliphatic hydroxyl groups excluding tert-OH is 1. The van der Waals surface area contributed by atoms with Crippen LogP contribution in [0.1, 0.15) is 69.8 Å². The lowest BCUT2D eigenvalue weighted by molar-refractivity contribution is -0.131. The Balaban J connectivity index is 0.000000313. The van der Waals surface area contributed by atoms with Crippen molar-refractivity contribution in [1.82, 2.24) is 19.1 Å². The molecule has 3 N–H and O–H groups in total. The number of hydrogen-bond donors (Lipinski definition) is 3. The molecule has 14 nitrogen and oxygen atoms in total. The molecule has 0 amide bonds. The molecule has 0 bridgehead atoms. The lowest BCUT2D eigenvalue weighted by Gasteiger charge is -2.24. The number of imidazole rings is 1. The van der Waals surface area contributed by atoms with Crippen molar-refractivity contribution in [3.8, 4) is 11.4 Å². The molecule has 2 heterocycles. The van der Waals surface area contributed by atoms with Crippen LogP contribution in [0, 0.1) is 11.8 Å². The summed E-state index contributed by atoms with van der Waals surface area (Å²) in [6, 6.07) is 7.28. The van der Waals surface area contributed by atoms with Gasteiger partial charge >= 0.3 is 11.7 Å². The number of nitrogens with zero attached hydrogens (tertiary/aromatic N) is 3. The summed E-state index contributed by atoms with van der Waals surface area (Å²) >= 11 is 0.